The van der Waals surface area contributed by atoms with Gasteiger partial charge in [-0.15, -0.1) is 0 Å². The highest BCUT2D eigenvalue weighted by Gasteiger charge is 2.45. The second-order valence-electron chi connectivity index (χ2n) is 3.26. The summed E-state index contributed by atoms with van der Waals surface area (Å²) >= 11 is 5.68. The lowest BCUT2D eigenvalue weighted by Gasteiger charge is -2.39. The number of carbonyl (C=O) groups excluding carboxylic acids is 1. The molecule has 0 radical (unpaired) electrons. The number of aliphatic hydroxyl groups excluding tert-OH is 3. The fourth-order valence-electron chi connectivity index (χ4n) is 1.36. The van der Waals surface area contributed by atoms with E-state index in [1.807, 2.05) is 0 Å². The topological polar surface area (TPSA) is 96.2 Å². The molecule has 1 rings (SSSR count). The lowest BCUT2D eigenvalue weighted by Crippen LogP contribution is -2.58. The molecule has 88 valence electrons. The molecule has 1 fully saturated rings. The first-order valence-electron chi connectivity index (χ1n) is 4.41. The lowest BCUT2D eigenvalue weighted by atomic mass is 10.0. The van der Waals surface area contributed by atoms with E-state index in [4.69, 9.17) is 26.2 Å². The van der Waals surface area contributed by atoms with Gasteiger partial charge in [0.1, 0.15) is 18.3 Å². The molecule has 1 aliphatic heterocycles. The fraction of sp³-hybridized carbons (Fsp3) is 0.875. The molecule has 15 heavy (non-hydrogen) atoms. The highest BCUT2D eigenvalue weighted by molar-refractivity contribution is 6.20. The van der Waals surface area contributed by atoms with E-state index in [1.165, 1.54) is 0 Å². The van der Waals surface area contributed by atoms with Crippen molar-refractivity contribution < 1.29 is 29.6 Å². The molecule has 3 N–H and O–H groups in total. The Morgan fingerprint density at radius 1 is 1.47 bits per heavy atom. The van der Waals surface area contributed by atoms with Crippen molar-refractivity contribution in [1.29, 1.82) is 0 Å². The Labute approximate surface area is 91.4 Å². The molecule has 0 spiro atoms. The summed E-state index contributed by atoms with van der Waals surface area (Å²) < 4.78 is 9.65. The van der Waals surface area contributed by atoms with E-state index >= 15 is 0 Å². The van der Waals surface area contributed by atoms with E-state index in [0.717, 1.165) is 6.92 Å². The molecule has 1 saturated heterocycles. The predicted molar refractivity (Wildman–Crippen MR) is 49.2 cm³/mol. The van der Waals surface area contributed by atoms with Gasteiger partial charge in [0.05, 0.1) is 6.61 Å². The first kappa shape index (κ1) is 12.7. The van der Waals surface area contributed by atoms with E-state index in [0.29, 0.717) is 0 Å². The number of rotatable bonds is 2. The molecule has 0 aromatic carbocycles. The van der Waals surface area contributed by atoms with Gasteiger partial charge in [0.15, 0.2) is 11.7 Å². The Morgan fingerprint density at radius 2 is 2.07 bits per heavy atom. The molecule has 0 saturated carbocycles. The van der Waals surface area contributed by atoms with Gasteiger partial charge < -0.3 is 24.8 Å². The summed E-state index contributed by atoms with van der Waals surface area (Å²) in [6, 6.07) is 0. The van der Waals surface area contributed by atoms with Gasteiger partial charge in [-0.1, -0.05) is 11.6 Å². The van der Waals surface area contributed by atoms with Crippen LogP contribution in [-0.4, -0.2) is 57.9 Å². The molecular weight excluding hydrogens is 228 g/mol. The number of halogens is 1. The molecule has 1 aliphatic rings. The maximum atomic E-state index is 10.7. The van der Waals surface area contributed by atoms with Gasteiger partial charge in [0.25, 0.3) is 0 Å². The SMILES string of the molecule is CC(=O)O[C@@H]1[C@@H](O)[C@H](O)[C@@H](CO)O[C@H]1Cl. The molecule has 0 aliphatic carbocycles. The van der Waals surface area contributed by atoms with E-state index in [-0.39, 0.29) is 0 Å². The molecule has 7 heteroatoms. The number of ether oxygens (including phenoxy) is 2. The minimum Gasteiger partial charge on any atom is -0.456 e. The van der Waals surface area contributed by atoms with Gasteiger partial charge in [-0.05, 0) is 0 Å². The summed E-state index contributed by atoms with van der Waals surface area (Å²) in [6.45, 7) is 0.676. The van der Waals surface area contributed by atoms with Gasteiger partial charge in [-0.3, -0.25) is 4.79 Å². The van der Waals surface area contributed by atoms with E-state index < -0.39 is 42.6 Å². The van der Waals surface area contributed by atoms with Crippen molar-refractivity contribution >= 4 is 17.6 Å². The number of hydrogen-bond donors (Lipinski definition) is 3. The minimum absolute atomic E-state index is 0.478. The molecule has 0 amide bonds. The average molecular weight is 241 g/mol. The standard InChI is InChI=1S/C8H13ClO6/c1-3(11)14-7-6(13)5(12)4(2-10)15-8(7)9/h4-8,10,12-13H,2H2,1H3/t4-,5-,6+,7-,8-/m1/s1. The maximum Gasteiger partial charge on any atom is 0.303 e. The van der Waals surface area contributed by atoms with Gasteiger partial charge >= 0.3 is 5.97 Å². The first-order chi connectivity index (χ1) is 6.97. The van der Waals surface area contributed by atoms with Crippen LogP contribution < -0.4 is 0 Å². The van der Waals surface area contributed by atoms with Crippen molar-refractivity contribution in [1.82, 2.24) is 0 Å². The van der Waals surface area contributed by atoms with Crippen LogP contribution in [0.1, 0.15) is 6.92 Å². The number of hydrogen-bond acceptors (Lipinski definition) is 6. The summed E-state index contributed by atoms with van der Waals surface area (Å²) in [6.07, 6.45) is -4.83. The smallest absolute Gasteiger partial charge is 0.303 e. The third kappa shape index (κ3) is 2.79. The van der Waals surface area contributed by atoms with Crippen LogP contribution in [-0.2, 0) is 14.3 Å². The van der Waals surface area contributed by atoms with Crippen LogP contribution in [0.5, 0.6) is 0 Å². The summed E-state index contributed by atoms with van der Waals surface area (Å²) in [5.41, 5.74) is -1.09. The third-order valence-corrected chi connectivity index (χ3v) is 2.46. The van der Waals surface area contributed by atoms with Crippen molar-refractivity contribution in [3.8, 4) is 0 Å². The van der Waals surface area contributed by atoms with Crippen molar-refractivity contribution in [3.05, 3.63) is 0 Å². The monoisotopic (exact) mass is 240 g/mol. The van der Waals surface area contributed by atoms with E-state index in [1.54, 1.807) is 0 Å². The molecule has 6 nitrogen and oxygen atoms in total. The van der Waals surface area contributed by atoms with Crippen LogP contribution in [0.3, 0.4) is 0 Å². The third-order valence-electron chi connectivity index (χ3n) is 2.11. The fourth-order valence-corrected chi connectivity index (χ4v) is 1.69. The molecule has 1 heterocycles. The van der Waals surface area contributed by atoms with Crippen LogP contribution in [0.2, 0.25) is 0 Å². The Kier molecular flexibility index (Phi) is 4.30. The minimum atomic E-state index is -1.37. The second-order valence-corrected chi connectivity index (χ2v) is 3.69. The van der Waals surface area contributed by atoms with Crippen LogP contribution in [0.4, 0.5) is 0 Å². The Hall–Kier alpha value is -0.400. The zero-order valence-corrected chi connectivity index (χ0v) is 8.79. The highest BCUT2D eigenvalue weighted by atomic mass is 35.5. The van der Waals surface area contributed by atoms with E-state index in [9.17, 15) is 15.0 Å². The van der Waals surface area contributed by atoms with Crippen LogP contribution in [0.25, 0.3) is 0 Å². The number of esters is 1. The van der Waals surface area contributed by atoms with Gasteiger partial charge in [0, 0.05) is 6.92 Å². The number of carbonyl (C=O) groups is 1. The normalized spacial score (nSPS) is 41.3. The van der Waals surface area contributed by atoms with E-state index in [2.05, 4.69) is 0 Å². The van der Waals surface area contributed by atoms with Crippen molar-refractivity contribution in [3.63, 3.8) is 0 Å². The summed E-state index contributed by atoms with van der Waals surface area (Å²) in [7, 11) is 0. The van der Waals surface area contributed by atoms with Crippen LogP contribution in [0, 0.1) is 0 Å². The van der Waals surface area contributed by atoms with Crippen LogP contribution >= 0.6 is 11.6 Å². The van der Waals surface area contributed by atoms with Gasteiger partial charge in [0.2, 0.25) is 0 Å². The summed E-state index contributed by atoms with van der Waals surface area (Å²) in [4.78, 5) is 10.7. The van der Waals surface area contributed by atoms with Crippen molar-refractivity contribution in [2.45, 2.75) is 36.9 Å². The first-order valence-corrected chi connectivity index (χ1v) is 4.84. The average Bonchev–Trinajstić information content (AvgIpc) is 2.18. The Balaban J connectivity index is 2.70. The molecule has 0 unspecified atom stereocenters. The number of alkyl halides is 1. The van der Waals surface area contributed by atoms with Crippen LogP contribution in [0.15, 0.2) is 0 Å². The molecule has 0 bridgehead atoms. The highest BCUT2D eigenvalue weighted by Crippen LogP contribution is 2.25. The molecule has 0 aromatic rings. The molecular formula is C8H13ClO6. The Bertz CT molecular complexity index is 235. The predicted octanol–water partition coefficient (Wildman–Crippen LogP) is -1.40. The maximum absolute atomic E-state index is 10.7. The number of aliphatic hydroxyl groups is 3. The lowest BCUT2D eigenvalue weighted by molar-refractivity contribution is -0.220. The van der Waals surface area contributed by atoms with Gasteiger partial charge in [-0.25, -0.2) is 0 Å². The second kappa shape index (κ2) is 5.09. The van der Waals surface area contributed by atoms with Crippen molar-refractivity contribution in [2.24, 2.45) is 0 Å². The molecule has 0 aromatic heterocycles. The summed E-state index contributed by atoms with van der Waals surface area (Å²) in [5, 5.41) is 27.8. The largest absolute Gasteiger partial charge is 0.456 e. The molecule has 5 atom stereocenters. The zero-order valence-electron chi connectivity index (χ0n) is 8.04. The quantitative estimate of drug-likeness (QED) is 0.406. The summed E-state index contributed by atoms with van der Waals surface area (Å²) in [5.74, 6) is -0.636. The Morgan fingerprint density at radius 3 is 2.53 bits per heavy atom. The zero-order chi connectivity index (χ0) is 11.6. The van der Waals surface area contributed by atoms with Crippen molar-refractivity contribution in [2.75, 3.05) is 6.61 Å². The van der Waals surface area contributed by atoms with Gasteiger partial charge in [-0.2, -0.15) is 0 Å².